The minimum Gasteiger partial charge on any atom is -0.486 e. The highest BCUT2D eigenvalue weighted by Gasteiger charge is 2.37. The molecular weight excluding hydrogens is 444 g/mol. The van der Waals surface area contributed by atoms with Crippen molar-refractivity contribution in [2.75, 3.05) is 24.7 Å². The lowest BCUT2D eigenvalue weighted by molar-refractivity contribution is 0.172. The van der Waals surface area contributed by atoms with E-state index in [1.54, 1.807) is 0 Å². The van der Waals surface area contributed by atoms with E-state index in [4.69, 9.17) is 9.47 Å². The van der Waals surface area contributed by atoms with Crippen molar-refractivity contribution in [1.82, 2.24) is 25.2 Å². The Bertz CT molecular complexity index is 1470. The summed E-state index contributed by atoms with van der Waals surface area (Å²) in [6, 6.07) is 13.6. The summed E-state index contributed by atoms with van der Waals surface area (Å²) in [5, 5.41) is 13.8. The fourth-order valence-corrected chi connectivity index (χ4v) is 4.99. The first kappa shape index (κ1) is 21.6. The molecule has 0 fully saturated rings. The molecule has 4 heterocycles. The van der Waals surface area contributed by atoms with Crippen molar-refractivity contribution >= 4 is 16.6 Å². The van der Waals surface area contributed by atoms with E-state index in [9.17, 15) is 4.79 Å². The van der Waals surface area contributed by atoms with Crippen LogP contribution in [0.15, 0.2) is 47.3 Å². The van der Waals surface area contributed by atoms with E-state index in [1.165, 1.54) is 5.56 Å². The molecule has 1 atom stereocenters. The Morgan fingerprint density at radius 1 is 1.11 bits per heavy atom. The van der Waals surface area contributed by atoms with Gasteiger partial charge < -0.3 is 19.4 Å². The van der Waals surface area contributed by atoms with Crippen LogP contribution in [0.1, 0.15) is 50.2 Å². The Morgan fingerprint density at radius 3 is 2.69 bits per heavy atom. The summed E-state index contributed by atoms with van der Waals surface area (Å²) in [6.45, 7) is 8.09. The summed E-state index contributed by atoms with van der Waals surface area (Å²) in [6.07, 6.45) is 1.74. The molecule has 0 saturated heterocycles. The molecule has 0 unspecified atom stereocenters. The molecule has 0 spiro atoms. The molecule has 2 aliphatic heterocycles. The lowest BCUT2D eigenvalue weighted by atomic mass is 9.99. The Kier molecular flexibility index (Phi) is 5.01. The van der Waals surface area contributed by atoms with Crippen molar-refractivity contribution in [2.45, 2.75) is 45.2 Å². The van der Waals surface area contributed by atoms with E-state index in [2.05, 4.69) is 64.4 Å². The van der Waals surface area contributed by atoms with Crippen molar-refractivity contribution in [3.8, 4) is 11.5 Å². The van der Waals surface area contributed by atoms with Gasteiger partial charge in [0.05, 0.1) is 11.1 Å². The number of ether oxygens (including phenoxy) is 2. The number of aromatic nitrogens is 5. The van der Waals surface area contributed by atoms with Gasteiger partial charge in [0.15, 0.2) is 17.3 Å². The molecule has 0 radical (unpaired) electrons. The van der Waals surface area contributed by atoms with Crippen molar-refractivity contribution in [3.05, 3.63) is 69.8 Å². The number of benzene rings is 2. The Labute approximate surface area is 202 Å². The van der Waals surface area contributed by atoms with Crippen LogP contribution in [0.3, 0.4) is 0 Å². The third-order valence-electron chi connectivity index (χ3n) is 7.24. The van der Waals surface area contributed by atoms with Crippen LogP contribution in [0.2, 0.25) is 0 Å². The first-order valence-electron chi connectivity index (χ1n) is 12.1. The van der Waals surface area contributed by atoms with Gasteiger partial charge in [-0.05, 0) is 60.9 Å². The predicted octanol–water partition coefficient (Wildman–Crippen LogP) is 3.58. The summed E-state index contributed by atoms with van der Waals surface area (Å²) < 4.78 is 13.4. The predicted molar refractivity (Wildman–Crippen MR) is 132 cm³/mol. The number of fused-ring (bicyclic) bond motifs is 3. The summed E-state index contributed by atoms with van der Waals surface area (Å²) in [5.74, 6) is 1.98. The van der Waals surface area contributed by atoms with Crippen LogP contribution in [0.25, 0.3) is 10.9 Å². The zero-order chi connectivity index (χ0) is 24.2. The largest absolute Gasteiger partial charge is 0.486 e. The van der Waals surface area contributed by atoms with Gasteiger partial charge in [0.25, 0.3) is 5.56 Å². The molecule has 2 aliphatic rings. The third-order valence-corrected chi connectivity index (χ3v) is 7.24. The quantitative estimate of drug-likeness (QED) is 0.474. The molecule has 0 bridgehead atoms. The van der Waals surface area contributed by atoms with E-state index < -0.39 is 6.04 Å². The van der Waals surface area contributed by atoms with Crippen LogP contribution in [-0.2, 0) is 12.0 Å². The number of para-hydroxylation sites is 1. The maximum atomic E-state index is 13.6. The van der Waals surface area contributed by atoms with E-state index in [0.717, 1.165) is 30.5 Å². The number of anilines is 1. The lowest BCUT2D eigenvalue weighted by Gasteiger charge is -2.32. The molecule has 9 nitrogen and oxygen atoms in total. The first-order valence-corrected chi connectivity index (χ1v) is 12.1. The van der Waals surface area contributed by atoms with E-state index in [0.29, 0.717) is 41.6 Å². The molecule has 0 saturated carbocycles. The van der Waals surface area contributed by atoms with Crippen LogP contribution >= 0.6 is 0 Å². The second-order valence-electron chi connectivity index (χ2n) is 9.73. The molecule has 35 heavy (non-hydrogen) atoms. The fraction of sp³-hybridized carbons (Fsp3) is 0.385. The molecule has 2 aromatic carbocycles. The normalized spacial score (nSPS) is 15.9. The number of nitrogens with one attached hydrogen (secondary N) is 1. The van der Waals surface area contributed by atoms with Gasteiger partial charge >= 0.3 is 0 Å². The van der Waals surface area contributed by atoms with Crippen LogP contribution < -0.4 is 19.9 Å². The molecule has 0 aliphatic carbocycles. The number of hydrogen-bond acceptors (Lipinski definition) is 7. The molecular formula is C26H28N6O3. The van der Waals surface area contributed by atoms with E-state index >= 15 is 0 Å². The smallest absolute Gasteiger partial charge is 0.254 e. The van der Waals surface area contributed by atoms with Gasteiger partial charge in [-0.25, -0.2) is 4.68 Å². The topological polar surface area (TPSA) is 98.2 Å². The second kappa shape index (κ2) is 8.11. The number of H-pyrrole nitrogens is 1. The average Bonchev–Trinajstić information content (AvgIpc) is 3.52. The van der Waals surface area contributed by atoms with Gasteiger partial charge in [-0.3, -0.25) is 4.79 Å². The number of rotatable bonds is 5. The zero-order valence-electron chi connectivity index (χ0n) is 20.1. The minimum atomic E-state index is -0.458. The second-order valence-corrected chi connectivity index (χ2v) is 9.73. The molecule has 2 aromatic heterocycles. The highest BCUT2D eigenvalue weighted by molar-refractivity contribution is 5.83. The monoisotopic (exact) mass is 472 g/mol. The molecule has 6 rings (SSSR count). The Morgan fingerprint density at radius 2 is 1.89 bits per heavy atom. The van der Waals surface area contributed by atoms with E-state index in [-0.39, 0.29) is 11.1 Å². The van der Waals surface area contributed by atoms with E-state index in [1.807, 2.05) is 28.9 Å². The van der Waals surface area contributed by atoms with Crippen LogP contribution in [0.5, 0.6) is 11.5 Å². The summed E-state index contributed by atoms with van der Waals surface area (Å²) in [4.78, 5) is 18.9. The van der Waals surface area contributed by atoms with Gasteiger partial charge in [-0.2, -0.15) is 0 Å². The van der Waals surface area contributed by atoms with Gasteiger partial charge in [-0.1, -0.05) is 25.1 Å². The number of nitrogens with zero attached hydrogens (tertiary/aromatic N) is 5. The number of hydrogen-bond donors (Lipinski definition) is 1. The molecule has 1 N–H and O–H groups in total. The number of pyridine rings is 1. The molecule has 4 aromatic rings. The maximum absolute atomic E-state index is 13.6. The molecule has 180 valence electrons. The third kappa shape index (κ3) is 3.53. The average molecular weight is 473 g/mol. The first-order chi connectivity index (χ1) is 17.0. The van der Waals surface area contributed by atoms with Gasteiger partial charge in [0.2, 0.25) is 0 Å². The van der Waals surface area contributed by atoms with Crippen molar-refractivity contribution in [3.63, 3.8) is 0 Å². The minimum absolute atomic E-state index is 0.174. The summed E-state index contributed by atoms with van der Waals surface area (Å²) >= 11 is 0. The maximum Gasteiger partial charge on any atom is 0.254 e. The summed E-state index contributed by atoms with van der Waals surface area (Å²) in [7, 11) is 0. The highest BCUT2D eigenvalue weighted by atomic mass is 16.6. The van der Waals surface area contributed by atoms with Crippen LogP contribution in [0, 0.1) is 0 Å². The zero-order valence-corrected chi connectivity index (χ0v) is 20.1. The summed E-state index contributed by atoms with van der Waals surface area (Å²) in [5.41, 5.74) is 3.16. The van der Waals surface area contributed by atoms with Crippen molar-refractivity contribution in [1.29, 1.82) is 0 Å². The van der Waals surface area contributed by atoms with Crippen molar-refractivity contribution in [2.24, 2.45) is 0 Å². The highest BCUT2D eigenvalue weighted by Crippen LogP contribution is 2.40. The molecule has 9 heteroatoms. The van der Waals surface area contributed by atoms with Crippen LogP contribution in [0.4, 0.5) is 5.69 Å². The Balaban J connectivity index is 1.57. The Hall–Kier alpha value is -3.88. The lowest BCUT2D eigenvalue weighted by Crippen LogP contribution is -2.37. The van der Waals surface area contributed by atoms with Crippen molar-refractivity contribution < 1.29 is 9.47 Å². The fourth-order valence-electron chi connectivity index (χ4n) is 4.99. The SMILES string of the molecule is CCC(C)(C)n1nnnc1[C@@H](c1cc2cc3c(cc2[nH]c1=O)OCCO3)N1CCc2ccccc21. The number of tetrazole rings is 1. The standard InChI is InChI=1S/C26H28N6O3/c1-4-26(2,3)32-24(28-29-30-32)23(31-10-9-16-7-5-6-8-20(16)31)18-13-17-14-21-22(35-12-11-34-21)15-19(17)27-25(18)33/h5-8,13-15,23H,4,9-12H2,1-3H3,(H,27,33)/t23-/m1/s1. The van der Waals surface area contributed by atoms with Gasteiger partial charge in [-0.15, -0.1) is 5.10 Å². The molecule has 0 amide bonds. The van der Waals surface area contributed by atoms with Gasteiger partial charge in [0.1, 0.15) is 19.3 Å². The van der Waals surface area contributed by atoms with Gasteiger partial charge in [0, 0.05) is 29.2 Å². The number of aromatic amines is 1. The van der Waals surface area contributed by atoms with Crippen LogP contribution in [-0.4, -0.2) is 44.9 Å².